The number of aryl methyl sites for hydroxylation is 2. The summed E-state index contributed by atoms with van der Waals surface area (Å²) in [6.45, 7) is 6.24. The van der Waals surface area contributed by atoms with E-state index in [1.54, 1.807) is 12.1 Å². The zero-order valence-corrected chi connectivity index (χ0v) is 13.2. The molecule has 0 amide bonds. The Morgan fingerprint density at radius 1 is 1.10 bits per heavy atom. The molecule has 110 valence electrons. The van der Waals surface area contributed by atoms with E-state index < -0.39 is 0 Å². The predicted molar refractivity (Wildman–Crippen MR) is 90.1 cm³/mol. The van der Waals surface area contributed by atoms with E-state index in [2.05, 4.69) is 49.6 Å². The molecule has 0 unspecified atom stereocenters. The zero-order valence-electron chi connectivity index (χ0n) is 12.4. The van der Waals surface area contributed by atoms with Gasteiger partial charge in [-0.1, -0.05) is 23.8 Å². The van der Waals surface area contributed by atoms with Crippen LogP contribution >= 0.6 is 12.2 Å². The molecule has 0 saturated carbocycles. The first-order valence-corrected chi connectivity index (χ1v) is 7.27. The number of anilines is 1. The van der Waals surface area contributed by atoms with Crippen LogP contribution in [0.25, 0.3) is 0 Å². The second kappa shape index (κ2) is 6.68. The van der Waals surface area contributed by atoms with Gasteiger partial charge in [0.05, 0.1) is 6.04 Å². The van der Waals surface area contributed by atoms with Gasteiger partial charge in [-0.25, -0.2) is 4.39 Å². The SMILES string of the molecule is Cc1ccc([C@H](C)NC(=S)Nc2ccc(F)cc2)c(C)c1. The summed E-state index contributed by atoms with van der Waals surface area (Å²) >= 11 is 5.30. The number of benzene rings is 2. The molecule has 0 aliphatic heterocycles. The lowest BCUT2D eigenvalue weighted by Gasteiger charge is -2.19. The predicted octanol–water partition coefficient (Wildman–Crippen LogP) is 4.49. The molecule has 2 aromatic carbocycles. The van der Waals surface area contributed by atoms with Gasteiger partial charge < -0.3 is 10.6 Å². The molecule has 0 heterocycles. The van der Waals surface area contributed by atoms with Crippen molar-refractivity contribution in [2.45, 2.75) is 26.8 Å². The van der Waals surface area contributed by atoms with Gasteiger partial charge in [-0.05, 0) is 68.4 Å². The molecule has 0 fully saturated rings. The molecule has 21 heavy (non-hydrogen) atoms. The maximum atomic E-state index is 12.9. The van der Waals surface area contributed by atoms with Crippen molar-refractivity contribution < 1.29 is 4.39 Å². The number of halogens is 1. The van der Waals surface area contributed by atoms with Crippen molar-refractivity contribution in [3.05, 3.63) is 65.0 Å². The fourth-order valence-electron chi connectivity index (χ4n) is 2.29. The van der Waals surface area contributed by atoms with Crippen LogP contribution < -0.4 is 10.6 Å². The standard InChI is InChI=1S/C17H19FN2S/c1-11-4-9-16(12(2)10-11)13(3)19-17(21)20-15-7-5-14(18)6-8-15/h4-10,13H,1-3H3,(H2,19,20,21)/t13-/m0/s1. The van der Waals surface area contributed by atoms with Crippen LogP contribution in [0.2, 0.25) is 0 Å². The number of nitrogens with one attached hydrogen (secondary N) is 2. The lowest BCUT2D eigenvalue weighted by Crippen LogP contribution is -2.31. The van der Waals surface area contributed by atoms with Gasteiger partial charge in [-0.15, -0.1) is 0 Å². The quantitative estimate of drug-likeness (QED) is 0.817. The largest absolute Gasteiger partial charge is 0.356 e. The first kappa shape index (κ1) is 15.4. The van der Waals surface area contributed by atoms with Crippen molar-refractivity contribution >= 4 is 23.0 Å². The summed E-state index contributed by atoms with van der Waals surface area (Å²) in [5.74, 6) is -0.261. The zero-order chi connectivity index (χ0) is 15.4. The second-order valence-corrected chi connectivity index (χ2v) is 5.60. The summed E-state index contributed by atoms with van der Waals surface area (Å²) in [6, 6.07) is 12.6. The normalized spacial score (nSPS) is 11.8. The van der Waals surface area contributed by atoms with E-state index >= 15 is 0 Å². The summed E-state index contributed by atoms with van der Waals surface area (Å²) in [4.78, 5) is 0. The maximum absolute atomic E-state index is 12.9. The van der Waals surface area contributed by atoms with Gasteiger partial charge in [0.25, 0.3) is 0 Å². The van der Waals surface area contributed by atoms with Gasteiger partial charge in [-0.3, -0.25) is 0 Å². The number of hydrogen-bond acceptors (Lipinski definition) is 1. The van der Waals surface area contributed by atoms with E-state index in [0.29, 0.717) is 5.11 Å². The Hall–Kier alpha value is -1.94. The third-order valence-corrected chi connectivity index (χ3v) is 3.56. The second-order valence-electron chi connectivity index (χ2n) is 5.19. The molecule has 0 radical (unpaired) electrons. The molecular formula is C17H19FN2S. The molecule has 2 nitrogen and oxygen atoms in total. The maximum Gasteiger partial charge on any atom is 0.171 e. The fraction of sp³-hybridized carbons (Fsp3) is 0.235. The number of hydrogen-bond donors (Lipinski definition) is 2. The average molecular weight is 302 g/mol. The van der Waals surface area contributed by atoms with Crippen LogP contribution in [0.3, 0.4) is 0 Å². The molecule has 0 saturated heterocycles. The first-order chi connectivity index (χ1) is 9.95. The molecule has 0 spiro atoms. The van der Waals surface area contributed by atoms with Crippen LogP contribution in [0, 0.1) is 19.7 Å². The number of thiocarbonyl (C=S) groups is 1. The Labute approximate surface area is 130 Å². The Kier molecular flexibility index (Phi) is 4.91. The van der Waals surface area contributed by atoms with Crippen LogP contribution in [-0.4, -0.2) is 5.11 Å². The highest BCUT2D eigenvalue weighted by atomic mass is 32.1. The van der Waals surface area contributed by atoms with Crippen molar-refractivity contribution in [3.8, 4) is 0 Å². The van der Waals surface area contributed by atoms with Gasteiger partial charge in [0.1, 0.15) is 5.82 Å². The van der Waals surface area contributed by atoms with Gasteiger partial charge in [-0.2, -0.15) is 0 Å². The molecule has 1 atom stereocenters. The van der Waals surface area contributed by atoms with E-state index in [-0.39, 0.29) is 11.9 Å². The third kappa shape index (κ3) is 4.26. The van der Waals surface area contributed by atoms with E-state index in [0.717, 1.165) is 5.69 Å². The minimum atomic E-state index is -0.261. The Morgan fingerprint density at radius 2 is 1.76 bits per heavy atom. The van der Waals surface area contributed by atoms with Crippen molar-refractivity contribution in [2.24, 2.45) is 0 Å². The summed E-state index contributed by atoms with van der Waals surface area (Å²) in [6.07, 6.45) is 0. The Morgan fingerprint density at radius 3 is 2.38 bits per heavy atom. The molecule has 4 heteroatoms. The van der Waals surface area contributed by atoms with Gasteiger partial charge in [0.2, 0.25) is 0 Å². The van der Waals surface area contributed by atoms with Crippen LogP contribution in [0.5, 0.6) is 0 Å². The third-order valence-electron chi connectivity index (χ3n) is 3.34. The monoisotopic (exact) mass is 302 g/mol. The average Bonchev–Trinajstić information content (AvgIpc) is 2.41. The van der Waals surface area contributed by atoms with Crippen LogP contribution in [0.4, 0.5) is 10.1 Å². The van der Waals surface area contributed by atoms with Crippen molar-refractivity contribution in [1.29, 1.82) is 0 Å². The van der Waals surface area contributed by atoms with Gasteiger partial charge >= 0.3 is 0 Å². The molecule has 2 N–H and O–H groups in total. The summed E-state index contributed by atoms with van der Waals surface area (Å²) < 4.78 is 12.9. The summed E-state index contributed by atoms with van der Waals surface area (Å²) in [5, 5.41) is 6.82. The molecule has 2 rings (SSSR count). The molecule has 0 aliphatic carbocycles. The molecule has 0 aliphatic rings. The Balaban J connectivity index is 2.00. The van der Waals surface area contributed by atoms with E-state index in [1.165, 1.54) is 28.8 Å². The topological polar surface area (TPSA) is 24.1 Å². The van der Waals surface area contributed by atoms with Gasteiger partial charge in [0.15, 0.2) is 5.11 Å². The Bertz CT molecular complexity index is 638. The minimum Gasteiger partial charge on any atom is -0.356 e. The van der Waals surface area contributed by atoms with E-state index in [4.69, 9.17) is 12.2 Å². The van der Waals surface area contributed by atoms with Crippen LogP contribution in [0.1, 0.15) is 29.7 Å². The molecular weight excluding hydrogens is 283 g/mol. The van der Waals surface area contributed by atoms with E-state index in [1.807, 2.05) is 0 Å². The highest BCUT2D eigenvalue weighted by molar-refractivity contribution is 7.80. The van der Waals surface area contributed by atoms with Crippen LogP contribution in [-0.2, 0) is 0 Å². The van der Waals surface area contributed by atoms with Crippen molar-refractivity contribution in [3.63, 3.8) is 0 Å². The lowest BCUT2D eigenvalue weighted by atomic mass is 10.0. The minimum absolute atomic E-state index is 0.103. The molecule has 0 bridgehead atoms. The fourth-order valence-corrected chi connectivity index (χ4v) is 2.58. The van der Waals surface area contributed by atoms with Gasteiger partial charge in [0, 0.05) is 5.69 Å². The van der Waals surface area contributed by atoms with E-state index in [9.17, 15) is 4.39 Å². The first-order valence-electron chi connectivity index (χ1n) is 6.86. The summed E-state index contributed by atoms with van der Waals surface area (Å²) in [5.41, 5.74) is 4.46. The highest BCUT2D eigenvalue weighted by Gasteiger charge is 2.09. The molecule has 0 aromatic heterocycles. The van der Waals surface area contributed by atoms with Crippen molar-refractivity contribution in [1.82, 2.24) is 5.32 Å². The smallest absolute Gasteiger partial charge is 0.171 e. The van der Waals surface area contributed by atoms with Crippen LogP contribution in [0.15, 0.2) is 42.5 Å². The molecule has 2 aromatic rings. The number of rotatable bonds is 3. The van der Waals surface area contributed by atoms with Crippen molar-refractivity contribution in [2.75, 3.05) is 5.32 Å². The highest BCUT2D eigenvalue weighted by Crippen LogP contribution is 2.19. The lowest BCUT2D eigenvalue weighted by molar-refractivity contribution is 0.628. The summed E-state index contributed by atoms with van der Waals surface area (Å²) in [7, 11) is 0.